The number of hydrogen-bond donors (Lipinski definition) is 1. The maximum Gasteiger partial charge on any atom is 0.354 e. The number of esters is 1. The molecule has 34 heavy (non-hydrogen) atoms. The van der Waals surface area contributed by atoms with Gasteiger partial charge >= 0.3 is 17.3 Å². The summed E-state index contributed by atoms with van der Waals surface area (Å²) in [5.41, 5.74) is 0.470. The largest absolute Gasteiger partial charge is 0.491 e. The van der Waals surface area contributed by atoms with Crippen LogP contribution in [0.25, 0.3) is 0 Å². The monoisotopic (exact) mass is 472 g/mol. The van der Waals surface area contributed by atoms with Crippen molar-refractivity contribution in [3.05, 3.63) is 44.7 Å². The number of nitrogens with one attached hydrogen (secondary N) is 1. The molecule has 0 amide bonds. The molecule has 1 aliphatic carbocycles. The summed E-state index contributed by atoms with van der Waals surface area (Å²) in [6.07, 6.45) is 5.58. The van der Waals surface area contributed by atoms with Crippen molar-refractivity contribution in [1.82, 2.24) is 14.1 Å². The molecule has 9 nitrogen and oxygen atoms in total. The van der Waals surface area contributed by atoms with Crippen molar-refractivity contribution < 1.29 is 14.3 Å². The van der Waals surface area contributed by atoms with Crippen molar-refractivity contribution in [2.24, 2.45) is 11.8 Å². The Labute approximate surface area is 200 Å². The average Bonchev–Trinajstić information content (AvgIpc) is 2.80. The fraction of sp³-hybridized carbons (Fsp3) is 0.600. The van der Waals surface area contributed by atoms with Gasteiger partial charge < -0.3 is 14.8 Å². The molecule has 1 fully saturated rings. The number of hydrogen-bond acceptors (Lipinski definition) is 7. The molecule has 0 spiro atoms. The molecule has 1 aliphatic rings. The van der Waals surface area contributed by atoms with Crippen molar-refractivity contribution in [3.63, 3.8) is 0 Å². The zero-order chi connectivity index (χ0) is 24.8. The summed E-state index contributed by atoms with van der Waals surface area (Å²) >= 11 is 0. The van der Waals surface area contributed by atoms with Gasteiger partial charge in [0.2, 0.25) is 5.95 Å². The minimum atomic E-state index is -0.695. The van der Waals surface area contributed by atoms with Crippen LogP contribution in [-0.4, -0.2) is 33.3 Å². The fourth-order valence-electron chi connectivity index (χ4n) is 4.37. The zero-order valence-electron chi connectivity index (χ0n) is 20.8. The molecule has 1 N–H and O–H groups in total. The molecule has 2 aromatic rings. The Hall–Kier alpha value is -3.10. The van der Waals surface area contributed by atoms with E-state index in [0.29, 0.717) is 18.2 Å². The number of methoxy groups -OCH3 is 1. The minimum Gasteiger partial charge on any atom is -0.491 e. The van der Waals surface area contributed by atoms with Gasteiger partial charge in [-0.1, -0.05) is 26.2 Å². The van der Waals surface area contributed by atoms with E-state index in [9.17, 15) is 14.4 Å². The number of rotatable bonds is 9. The smallest absolute Gasteiger partial charge is 0.354 e. The van der Waals surface area contributed by atoms with Gasteiger partial charge in [-0.3, -0.25) is 9.36 Å². The number of aryl methyl sites for hydroxylation is 1. The van der Waals surface area contributed by atoms with Gasteiger partial charge in [0, 0.05) is 18.8 Å². The third-order valence-corrected chi connectivity index (χ3v) is 6.17. The van der Waals surface area contributed by atoms with Crippen LogP contribution in [-0.2, 0) is 22.6 Å². The minimum absolute atomic E-state index is 0.0554. The van der Waals surface area contributed by atoms with Gasteiger partial charge in [-0.25, -0.2) is 14.2 Å². The highest BCUT2D eigenvalue weighted by Crippen LogP contribution is 2.27. The van der Waals surface area contributed by atoms with Crippen LogP contribution >= 0.6 is 0 Å². The number of benzene rings is 1. The quantitative estimate of drug-likeness (QED) is 0.556. The Bertz CT molecular complexity index is 1120. The maximum atomic E-state index is 13.4. The number of aromatic nitrogens is 3. The van der Waals surface area contributed by atoms with E-state index in [-0.39, 0.29) is 18.6 Å². The first-order chi connectivity index (χ1) is 16.2. The van der Waals surface area contributed by atoms with E-state index in [1.807, 2.05) is 39.0 Å². The van der Waals surface area contributed by atoms with Crippen LogP contribution in [0.1, 0.15) is 58.4 Å². The average molecular weight is 473 g/mol. The van der Waals surface area contributed by atoms with Gasteiger partial charge in [0.15, 0.2) is 0 Å². The molecule has 0 bridgehead atoms. The second-order valence-electron chi connectivity index (χ2n) is 9.42. The van der Waals surface area contributed by atoms with Crippen LogP contribution in [0.3, 0.4) is 0 Å². The van der Waals surface area contributed by atoms with E-state index in [1.54, 1.807) is 6.92 Å². The highest BCUT2D eigenvalue weighted by atomic mass is 16.5. The molecule has 1 saturated carbocycles. The molecule has 9 heteroatoms. The number of ether oxygens (including phenoxy) is 2. The summed E-state index contributed by atoms with van der Waals surface area (Å²) in [7, 11) is 1.29. The molecular weight excluding hydrogens is 436 g/mol. The summed E-state index contributed by atoms with van der Waals surface area (Å²) in [6, 6.07) is 5.60. The zero-order valence-corrected chi connectivity index (χ0v) is 20.8. The lowest BCUT2D eigenvalue weighted by molar-refractivity contribution is -0.145. The van der Waals surface area contributed by atoms with Crippen LogP contribution in [0.15, 0.2) is 27.8 Å². The summed E-state index contributed by atoms with van der Waals surface area (Å²) in [5, 5.41) is 3.17. The first kappa shape index (κ1) is 25.5. The summed E-state index contributed by atoms with van der Waals surface area (Å²) in [6.45, 7) is 7.89. The highest BCUT2D eigenvalue weighted by Gasteiger charge is 2.22. The van der Waals surface area contributed by atoms with Gasteiger partial charge in [-0.15, -0.1) is 0 Å². The predicted octanol–water partition coefficient (Wildman–Crippen LogP) is 3.63. The summed E-state index contributed by atoms with van der Waals surface area (Å²) in [4.78, 5) is 42.3. The standard InChI is InChI=1S/C25H36N4O5/c1-16(2)34-21-12-11-20(13-17(21)3)26-23-27-24(31)29(14-18(4)22(30)33-5)25(32)28(23)15-19-9-7-6-8-10-19/h11-13,16,18-19H,6-10,14-15H2,1-5H3,(H,26,27,31)/t18-/m0/s1. The molecule has 1 aromatic carbocycles. The van der Waals surface area contributed by atoms with Crippen molar-refractivity contribution in [3.8, 4) is 5.75 Å². The Balaban J connectivity index is 1.98. The Morgan fingerprint density at radius 1 is 1.15 bits per heavy atom. The van der Waals surface area contributed by atoms with Gasteiger partial charge in [-0.2, -0.15) is 4.98 Å². The van der Waals surface area contributed by atoms with Crippen LogP contribution in [0.5, 0.6) is 5.75 Å². The van der Waals surface area contributed by atoms with Gasteiger partial charge in [-0.05, 0) is 63.3 Å². The van der Waals surface area contributed by atoms with Crippen molar-refractivity contribution in [2.45, 2.75) is 79.0 Å². The van der Waals surface area contributed by atoms with Crippen molar-refractivity contribution >= 4 is 17.6 Å². The molecule has 0 radical (unpaired) electrons. The topological polar surface area (TPSA) is 104 Å². The number of carbonyl (C=O) groups excluding carboxylic acids is 1. The van der Waals surface area contributed by atoms with E-state index in [4.69, 9.17) is 9.47 Å². The summed E-state index contributed by atoms with van der Waals surface area (Å²) in [5.74, 6) is 0.197. The molecule has 1 aromatic heterocycles. The van der Waals surface area contributed by atoms with Gasteiger partial charge in [0.1, 0.15) is 5.75 Å². The van der Waals surface area contributed by atoms with Gasteiger partial charge in [0.25, 0.3) is 0 Å². The number of carbonyl (C=O) groups is 1. The third-order valence-electron chi connectivity index (χ3n) is 6.17. The predicted molar refractivity (Wildman–Crippen MR) is 131 cm³/mol. The van der Waals surface area contributed by atoms with E-state index < -0.39 is 23.3 Å². The van der Waals surface area contributed by atoms with E-state index in [2.05, 4.69) is 10.3 Å². The van der Waals surface area contributed by atoms with Crippen LogP contribution in [0.2, 0.25) is 0 Å². The second kappa shape index (κ2) is 11.4. The Morgan fingerprint density at radius 2 is 1.85 bits per heavy atom. The first-order valence-electron chi connectivity index (χ1n) is 12.0. The van der Waals surface area contributed by atoms with Crippen molar-refractivity contribution in [2.75, 3.05) is 12.4 Å². The molecule has 0 aliphatic heterocycles. The molecule has 0 unspecified atom stereocenters. The van der Waals surface area contributed by atoms with E-state index in [0.717, 1.165) is 41.6 Å². The molecule has 1 atom stereocenters. The number of anilines is 2. The fourth-order valence-corrected chi connectivity index (χ4v) is 4.37. The Morgan fingerprint density at radius 3 is 2.47 bits per heavy atom. The first-order valence-corrected chi connectivity index (χ1v) is 12.0. The SMILES string of the molecule is COC(=O)[C@@H](C)Cn1c(=O)nc(Nc2ccc(OC(C)C)c(C)c2)n(CC2CCCCC2)c1=O. The molecule has 0 saturated heterocycles. The van der Waals surface area contributed by atoms with Crippen molar-refractivity contribution in [1.29, 1.82) is 0 Å². The normalized spacial score (nSPS) is 15.2. The second-order valence-corrected chi connectivity index (χ2v) is 9.42. The van der Waals surface area contributed by atoms with Gasteiger partial charge in [0.05, 0.1) is 19.1 Å². The van der Waals surface area contributed by atoms with E-state index >= 15 is 0 Å². The van der Waals surface area contributed by atoms with Crippen LogP contribution < -0.4 is 21.4 Å². The lowest BCUT2D eigenvalue weighted by Crippen LogP contribution is -2.45. The number of nitrogens with zero attached hydrogens (tertiary/aromatic N) is 3. The molecule has 3 rings (SSSR count). The molecule has 1 heterocycles. The third kappa shape index (κ3) is 6.27. The maximum absolute atomic E-state index is 13.4. The van der Waals surface area contributed by atoms with E-state index in [1.165, 1.54) is 18.1 Å². The van der Waals surface area contributed by atoms with Crippen LogP contribution in [0, 0.1) is 18.8 Å². The van der Waals surface area contributed by atoms with Crippen LogP contribution in [0.4, 0.5) is 11.6 Å². The summed E-state index contributed by atoms with van der Waals surface area (Å²) < 4.78 is 13.1. The molecule has 186 valence electrons. The highest BCUT2D eigenvalue weighted by molar-refractivity contribution is 5.71. The lowest BCUT2D eigenvalue weighted by Gasteiger charge is -2.24. The lowest BCUT2D eigenvalue weighted by atomic mass is 9.89. The molecular formula is C25H36N4O5. The Kier molecular flexibility index (Phi) is 8.52.